The second-order valence-corrected chi connectivity index (χ2v) is 2.50. The van der Waals surface area contributed by atoms with E-state index in [-0.39, 0.29) is 0 Å². The maximum Gasteiger partial charge on any atom is 0.0874 e. The number of hydrogen-bond donors (Lipinski definition) is 1. The van der Waals surface area contributed by atoms with Crippen LogP contribution < -0.4 is 5.48 Å². The van der Waals surface area contributed by atoms with Crippen LogP contribution in [0.15, 0.2) is 0 Å². The summed E-state index contributed by atoms with van der Waals surface area (Å²) >= 11 is 0. The fraction of sp³-hybridized carbons (Fsp3) is 0.833. The highest BCUT2D eigenvalue weighted by atomic mass is 16.7. The fourth-order valence-electron chi connectivity index (χ4n) is 1.19. The third kappa shape index (κ3) is 1.15. The molecule has 2 saturated heterocycles. The largest absolute Gasteiger partial charge is 0.300 e. The summed E-state index contributed by atoms with van der Waals surface area (Å²) < 4.78 is 0. The molecule has 0 aromatic rings. The van der Waals surface area contributed by atoms with Crippen LogP contribution in [-0.4, -0.2) is 37.4 Å². The first-order valence-electron chi connectivity index (χ1n) is 3.53. The van der Waals surface area contributed by atoms with Crippen molar-refractivity contribution < 1.29 is 9.68 Å². The van der Waals surface area contributed by atoms with Crippen LogP contribution in [0.5, 0.6) is 0 Å². The molecule has 4 nitrogen and oxygen atoms in total. The molecule has 1 unspecified atom stereocenters. The molecule has 2 heterocycles. The van der Waals surface area contributed by atoms with E-state index in [1.807, 2.05) is 5.06 Å². The van der Waals surface area contributed by atoms with Crippen LogP contribution >= 0.6 is 0 Å². The first-order valence-corrected chi connectivity index (χ1v) is 3.53. The van der Waals surface area contributed by atoms with Gasteiger partial charge in [0.25, 0.3) is 0 Å². The third-order valence-corrected chi connectivity index (χ3v) is 1.77. The van der Waals surface area contributed by atoms with E-state index in [1.165, 1.54) is 0 Å². The summed E-state index contributed by atoms with van der Waals surface area (Å²) in [5.74, 6) is 0. The van der Waals surface area contributed by atoms with Gasteiger partial charge in [0, 0.05) is 19.5 Å². The number of nitrogens with zero attached hydrogens (tertiary/aromatic N) is 1. The predicted molar refractivity (Wildman–Crippen MR) is 34.7 cm³/mol. The van der Waals surface area contributed by atoms with Crippen molar-refractivity contribution in [3.05, 3.63) is 6.42 Å². The second-order valence-electron chi connectivity index (χ2n) is 2.50. The molecule has 1 N–H and O–H groups in total. The molecule has 2 rings (SSSR count). The van der Waals surface area contributed by atoms with E-state index in [0.717, 1.165) is 26.3 Å². The molecule has 0 saturated carbocycles. The van der Waals surface area contributed by atoms with Gasteiger partial charge in [-0.1, -0.05) is 0 Å². The summed E-state index contributed by atoms with van der Waals surface area (Å²) in [6.45, 7) is 3.27. The molecule has 1 atom stereocenters. The van der Waals surface area contributed by atoms with Gasteiger partial charge >= 0.3 is 0 Å². The molecule has 2 fully saturated rings. The third-order valence-electron chi connectivity index (χ3n) is 1.77. The second kappa shape index (κ2) is 2.84. The summed E-state index contributed by atoms with van der Waals surface area (Å²) in [6.07, 6.45) is 2.11. The van der Waals surface area contributed by atoms with Crippen molar-refractivity contribution >= 4 is 0 Å². The fourth-order valence-corrected chi connectivity index (χ4v) is 1.19. The average Bonchev–Trinajstić information content (AvgIpc) is 2.59. The van der Waals surface area contributed by atoms with Crippen molar-refractivity contribution in [3.63, 3.8) is 0 Å². The summed E-state index contributed by atoms with van der Waals surface area (Å²) in [5.41, 5.74) is 2.81. The molecule has 10 heavy (non-hydrogen) atoms. The minimum absolute atomic E-state index is 0.402. The van der Waals surface area contributed by atoms with E-state index >= 15 is 0 Å². The Kier molecular flexibility index (Phi) is 1.86. The van der Waals surface area contributed by atoms with Gasteiger partial charge in [0.15, 0.2) is 0 Å². The van der Waals surface area contributed by atoms with Crippen LogP contribution in [0.2, 0.25) is 0 Å². The Bertz CT molecular complexity index is 94.3. The Labute approximate surface area is 60.0 Å². The van der Waals surface area contributed by atoms with E-state index in [2.05, 4.69) is 11.9 Å². The Morgan fingerprint density at radius 2 is 2.60 bits per heavy atom. The van der Waals surface area contributed by atoms with Crippen LogP contribution in [0.1, 0.15) is 0 Å². The molecule has 0 spiro atoms. The van der Waals surface area contributed by atoms with Crippen LogP contribution in [-0.2, 0) is 9.68 Å². The van der Waals surface area contributed by atoms with Crippen LogP contribution in [0.4, 0.5) is 0 Å². The topological polar surface area (TPSA) is 33.7 Å². The van der Waals surface area contributed by atoms with E-state index < -0.39 is 0 Å². The molecular formula is C6H11N2O2. The molecule has 2 aliphatic rings. The van der Waals surface area contributed by atoms with Crippen molar-refractivity contribution in [1.82, 2.24) is 10.5 Å². The molecule has 0 aromatic carbocycles. The van der Waals surface area contributed by atoms with Gasteiger partial charge < -0.3 is 0 Å². The van der Waals surface area contributed by atoms with Crippen LogP contribution in [0.25, 0.3) is 0 Å². The maximum absolute atomic E-state index is 5.29. The van der Waals surface area contributed by atoms with Crippen molar-refractivity contribution in [2.75, 3.05) is 26.3 Å². The summed E-state index contributed by atoms with van der Waals surface area (Å²) in [5, 5.41) is 1.96. The minimum atomic E-state index is 0.402. The Balaban J connectivity index is 1.85. The summed E-state index contributed by atoms with van der Waals surface area (Å²) in [7, 11) is 0. The standard InChI is InChI=1S/C6H11N2O2/c1-2-8(10-3-1)6-4-7-9-5-6/h1,6-7H,2-5H2. The number of hydrogen-bond acceptors (Lipinski definition) is 4. The van der Waals surface area contributed by atoms with Gasteiger partial charge in [-0.25, -0.2) is 5.48 Å². The zero-order valence-corrected chi connectivity index (χ0v) is 5.75. The van der Waals surface area contributed by atoms with Gasteiger partial charge in [-0.2, -0.15) is 5.06 Å². The highest BCUT2D eigenvalue weighted by Crippen LogP contribution is 2.10. The Morgan fingerprint density at radius 1 is 1.60 bits per heavy atom. The smallest absolute Gasteiger partial charge is 0.0874 e. The molecule has 0 aromatic heterocycles. The van der Waals surface area contributed by atoms with E-state index in [4.69, 9.17) is 9.68 Å². The Morgan fingerprint density at radius 3 is 3.20 bits per heavy atom. The van der Waals surface area contributed by atoms with Gasteiger partial charge in [0.05, 0.1) is 19.3 Å². The van der Waals surface area contributed by atoms with Gasteiger partial charge in [-0.3, -0.25) is 9.68 Å². The molecule has 4 heteroatoms. The molecule has 0 aliphatic carbocycles. The molecule has 0 bridgehead atoms. The lowest BCUT2D eigenvalue weighted by molar-refractivity contribution is -0.137. The SMILES string of the molecule is [CH]1CON(C2CNOC2)C1. The zero-order chi connectivity index (χ0) is 6.81. The van der Waals surface area contributed by atoms with Gasteiger partial charge in [-0.15, -0.1) is 0 Å². The van der Waals surface area contributed by atoms with Gasteiger partial charge in [0.1, 0.15) is 0 Å². The van der Waals surface area contributed by atoms with Crippen LogP contribution in [0, 0.1) is 6.42 Å². The molecule has 57 valence electrons. The normalized spacial score (nSPS) is 35.4. The van der Waals surface area contributed by atoms with Crippen molar-refractivity contribution in [2.24, 2.45) is 0 Å². The van der Waals surface area contributed by atoms with Crippen molar-refractivity contribution in [1.29, 1.82) is 0 Å². The molecule has 1 radical (unpaired) electrons. The Hall–Kier alpha value is -0.160. The number of hydroxylamine groups is 3. The highest BCUT2D eigenvalue weighted by molar-refractivity contribution is 4.79. The lowest BCUT2D eigenvalue weighted by atomic mass is 10.3. The molecule has 0 amide bonds. The van der Waals surface area contributed by atoms with E-state index in [9.17, 15) is 0 Å². The summed E-state index contributed by atoms with van der Waals surface area (Å²) in [6, 6.07) is 0.402. The average molecular weight is 143 g/mol. The monoisotopic (exact) mass is 143 g/mol. The van der Waals surface area contributed by atoms with Crippen LogP contribution in [0.3, 0.4) is 0 Å². The quantitative estimate of drug-likeness (QED) is 0.528. The number of nitrogens with one attached hydrogen (secondary N) is 1. The van der Waals surface area contributed by atoms with E-state index in [0.29, 0.717) is 6.04 Å². The minimum Gasteiger partial charge on any atom is -0.300 e. The predicted octanol–water partition coefficient (Wildman–Crippen LogP) is -0.659. The van der Waals surface area contributed by atoms with Gasteiger partial charge in [0.2, 0.25) is 0 Å². The molecular weight excluding hydrogens is 132 g/mol. The van der Waals surface area contributed by atoms with E-state index in [1.54, 1.807) is 0 Å². The zero-order valence-electron chi connectivity index (χ0n) is 5.75. The lowest BCUT2D eigenvalue weighted by Gasteiger charge is -2.18. The summed E-state index contributed by atoms with van der Waals surface area (Å²) in [4.78, 5) is 10.3. The number of rotatable bonds is 1. The maximum atomic E-state index is 5.29. The van der Waals surface area contributed by atoms with Gasteiger partial charge in [-0.05, 0) is 0 Å². The van der Waals surface area contributed by atoms with Crippen molar-refractivity contribution in [2.45, 2.75) is 6.04 Å². The lowest BCUT2D eigenvalue weighted by Crippen LogP contribution is -2.35. The first kappa shape index (κ1) is 6.54. The first-order chi connectivity index (χ1) is 4.97. The highest BCUT2D eigenvalue weighted by Gasteiger charge is 2.26. The van der Waals surface area contributed by atoms with Crippen molar-refractivity contribution in [3.8, 4) is 0 Å². The molecule has 2 aliphatic heterocycles.